The van der Waals surface area contributed by atoms with Gasteiger partial charge in [-0.05, 0) is 70.9 Å². The monoisotopic (exact) mass is 435 g/mol. The highest BCUT2D eigenvalue weighted by Crippen LogP contribution is 2.35. The van der Waals surface area contributed by atoms with Crippen LogP contribution in [0.5, 0.6) is 0 Å². The summed E-state index contributed by atoms with van der Waals surface area (Å²) in [5, 5.41) is 0.0778. The molecular weight excluding hydrogens is 410 g/mol. The number of benzene rings is 1. The van der Waals surface area contributed by atoms with Crippen molar-refractivity contribution in [2.45, 2.75) is 63.1 Å². The molecule has 8 heteroatoms. The summed E-state index contributed by atoms with van der Waals surface area (Å²) in [5.41, 5.74) is 0.415. The Morgan fingerprint density at radius 3 is 2.48 bits per heavy atom. The molecule has 1 unspecified atom stereocenters. The van der Waals surface area contributed by atoms with Crippen LogP contribution in [-0.2, 0) is 10.0 Å². The van der Waals surface area contributed by atoms with Crippen molar-refractivity contribution in [2.75, 3.05) is 0 Å². The first-order valence-electron chi connectivity index (χ1n) is 9.57. The Bertz CT molecular complexity index is 1000. The average Bonchev–Trinajstić information content (AvgIpc) is 3.45. The molecule has 29 heavy (non-hydrogen) atoms. The van der Waals surface area contributed by atoms with Gasteiger partial charge in [0.25, 0.3) is 5.91 Å². The number of nitrogens with one attached hydrogen (secondary N) is 1. The van der Waals surface area contributed by atoms with Crippen molar-refractivity contribution in [2.24, 2.45) is 0 Å². The van der Waals surface area contributed by atoms with Crippen molar-refractivity contribution in [3.8, 4) is 0 Å². The second-order valence-corrected chi connectivity index (χ2v) is 10.4. The SMILES string of the molecule is CC(c1ccccn1)N(C(=O)c1ccc(Cl)c(S(=O)(=O)NC(C)(C)C)c1)C1CC1. The van der Waals surface area contributed by atoms with Crippen molar-refractivity contribution in [3.63, 3.8) is 0 Å². The fraction of sp³-hybridized carbons (Fsp3) is 0.429. The molecule has 1 atom stereocenters. The summed E-state index contributed by atoms with van der Waals surface area (Å²) in [6, 6.07) is 9.90. The maximum atomic E-state index is 13.4. The molecule has 1 aromatic carbocycles. The number of sulfonamides is 1. The molecule has 3 rings (SSSR count). The maximum absolute atomic E-state index is 13.4. The highest BCUT2D eigenvalue weighted by Gasteiger charge is 2.37. The number of carbonyl (C=O) groups is 1. The van der Waals surface area contributed by atoms with E-state index in [0.717, 1.165) is 18.5 Å². The summed E-state index contributed by atoms with van der Waals surface area (Å²) in [6.07, 6.45) is 3.55. The smallest absolute Gasteiger partial charge is 0.254 e. The first kappa shape index (κ1) is 21.7. The van der Waals surface area contributed by atoms with Crippen molar-refractivity contribution in [1.29, 1.82) is 0 Å². The fourth-order valence-electron chi connectivity index (χ4n) is 3.23. The van der Waals surface area contributed by atoms with Gasteiger partial charge in [-0.1, -0.05) is 17.7 Å². The fourth-order valence-corrected chi connectivity index (χ4v) is 5.17. The van der Waals surface area contributed by atoms with Crippen molar-refractivity contribution in [1.82, 2.24) is 14.6 Å². The van der Waals surface area contributed by atoms with Gasteiger partial charge in [0.15, 0.2) is 0 Å². The molecule has 1 fully saturated rings. The number of rotatable bonds is 6. The Kier molecular flexibility index (Phi) is 6.03. The minimum Gasteiger partial charge on any atom is -0.327 e. The van der Waals surface area contributed by atoms with Crippen LogP contribution in [0.15, 0.2) is 47.5 Å². The van der Waals surface area contributed by atoms with E-state index in [1.807, 2.05) is 25.1 Å². The number of hydrogen-bond acceptors (Lipinski definition) is 4. The zero-order valence-electron chi connectivity index (χ0n) is 17.0. The minimum atomic E-state index is -3.87. The average molecular weight is 436 g/mol. The zero-order valence-corrected chi connectivity index (χ0v) is 18.6. The standard InChI is InChI=1S/C21H26ClN3O3S/c1-14(18-7-5-6-12-23-18)25(16-9-10-16)20(26)15-8-11-17(22)19(13-15)29(27,28)24-21(2,3)4/h5-8,11-14,16,24H,9-10H2,1-4H3. The van der Waals surface area contributed by atoms with Crippen LogP contribution in [0.2, 0.25) is 5.02 Å². The summed E-state index contributed by atoms with van der Waals surface area (Å²) in [5.74, 6) is -0.227. The third-order valence-corrected chi connectivity index (χ3v) is 6.86. The van der Waals surface area contributed by atoms with Crippen molar-refractivity contribution in [3.05, 3.63) is 58.9 Å². The van der Waals surface area contributed by atoms with Crippen LogP contribution in [0.3, 0.4) is 0 Å². The Morgan fingerprint density at radius 2 is 1.93 bits per heavy atom. The number of halogens is 1. The molecule has 156 valence electrons. The lowest BCUT2D eigenvalue weighted by Gasteiger charge is -2.29. The van der Waals surface area contributed by atoms with Gasteiger partial charge in [-0.15, -0.1) is 0 Å². The van der Waals surface area contributed by atoms with Gasteiger partial charge in [-0.25, -0.2) is 13.1 Å². The molecule has 0 saturated heterocycles. The van der Waals surface area contributed by atoms with Crippen LogP contribution in [-0.4, -0.2) is 35.8 Å². The van der Waals surface area contributed by atoms with Gasteiger partial charge < -0.3 is 4.90 Å². The zero-order chi connectivity index (χ0) is 21.4. The van der Waals surface area contributed by atoms with Crippen LogP contribution in [0, 0.1) is 0 Å². The van der Waals surface area contributed by atoms with E-state index >= 15 is 0 Å². The van der Waals surface area contributed by atoms with Gasteiger partial charge in [-0.3, -0.25) is 9.78 Å². The van der Waals surface area contributed by atoms with E-state index in [0.29, 0.717) is 5.56 Å². The molecule has 1 aliphatic rings. The van der Waals surface area contributed by atoms with Crippen LogP contribution < -0.4 is 4.72 Å². The molecule has 1 N–H and O–H groups in total. The third-order valence-electron chi connectivity index (χ3n) is 4.62. The predicted octanol–water partition coefficient (Wildman–Crippen LogP) is 4.18. The number of aromatic nitrogens is 1. The first-order valence-corrected chi connectivity index (χ1v) is 11.4. The van der Waals surface area contributed by atoms with Gasteiger partial charge in [0.05, 0.1) is 16.8 Å². The van der Waals surface area contributed by atoms with Gasteiger partial charge in [0.1, 0.15) is 4.90 Å². The summed E-state index contributed by atoms with van der Waals surface area (Å²) in [4.78, 5) is 19.4. The number of pyridine rings is 1. The lowest BCUT2D eigenvalue weighted by Crippen LogP contribution is -2.40. The largest absolute Gasteiger partial charge is 0.327 e. The Labute approximate surface area is 177 Å². The topological polar surface area (TPSA) is 79.4 Å². The normalized spacial score (nSPS) is 15.8. The summed E-state index contributed by atoms with van der Waals surface area (Å²) < 4.78 is 28.2. The van der Waals surface area contributed by atoms with E-state index in [1.54, 1.807) is 37.9 Å². The molecule has 0 spiro atoms. The number of hydrogen-bond donors (Lipinski definition) is 1. The van der Waals surface area contributed by atoms with Crippen molar-refractivity contribution >= 4 is 27.5 Å². The molecule has 1 heterocycles. The second-order valence-electron chi connectivity index (χ2n) is 8.37. The van der Waals surface area contributed by atoms with Crippen LogP contribution in [0.4, 0.5) is 0 Å². The summed E-state index contributed by atoms with van der Waals surface area (Å²) >= 11 is 6.17. The lowest BCUT2D eigenvalue weighted by atomic mass is 10.1. The number of nitrogens with zero attached hydrogens (tertiary/aromatic N) is 2. The van der Waals surface area contributed by atoms with E-state index in [-0.39, 0.29) is 27.9 Å². The maximum Gasteiger partial charge on any atom is 0.254 e. The molecule has 1 saturated carbocycles. The van der Waals surface area contributed by atoms with E-state index in [4.69, 9.17) is 11.6 Å². The molecular formula is C21H26ClN3O3S. The predicted molar refractivity (Wildman–Crippen MR) is 113 cm³/mol. The molecule has 1 aromatic heterocycles. The van der Waals surface area contributed by atoms with Gasteiger partial charge >= 0.3 is 0 Å². The van der Waals surface area contributed by atoms with Crippen molar-refractivity contribution < 1.29 is 13.2 Å². The Balaban J connectivity index is 1.96. The quantitative estimate of drug-likeness (QED) is 0.738. The Morgan fingerprint density at radius 1 is 1.24 bits per heavy atom. The highest BCUT2D eigenvalue weighted by molar-refractivity contribution is 7.89. The first-order chi connectivity index (χ1) is 13.5. The molecule has 0 bridgehead atoms. The van der Waals surface area contributed by atoms with E-state index < -0.39 is 15.6 Å². The van der Waals surface area contributed by atoms with E-state index in [9.17, 15) is 13.2 Å². The van der Waals surface area contributed by atoms with Crippen LogP contribution >= 0.6 is 11.6 Å². The lowest BCUT2D eigenvalue weighted by molar-refractivity contribution is 0.0670. The van der Waals surface area contributed by atoms with E-state index in [2.05, 4.69) is 9.71 Å². The molecule has 0 radical (unpaired) electrons. The van der Waals surface area contributed by atoms with Gasteiger partial charge in [0.2, 0.25) is 10.0 Å². The minimum absolute atomic E-state index is 0.0778. The second kappa shape index (κ2) is 8.05. The van der Waals surface area contributed by atoms with E-state index in [1.165, 1.54) is 12.1 Å². The molecule has 1 aliphatic carbocycles. The number of carbonyl (C=O) groups excluding carboxylic acids is 1. The molecule has 6 nitrogen and oxygen atoms in total. The van der Waals surface area contributed by atoms with Crippen LogP contribution in [0.1, 0.15) is 62.6 Å². The van der Waals surface area contributed by atoms with Gasteiger partial charge in [0, 0.05) is 23.3 Å². The van der Waals surface area contributed by atoms with Crippen LogP contribution in [0.25, 0.3) is 0 Å². The third kappa shape index (κ3) is 5.15. The summed E-state index contributed by atoms with van der Waals surface area (Å²) in [6.45, 7) is 7.18. The van der Waals surface area contributed by atoms with Gasteiger partial charge in [-0.2, -0.15) is 0 Å². The highest BCUT2D eigenvalue weighted by atomic mass is 35.5. The number of amides is 1. The molecule has 0 aliphatic heterocycles. The molecule has 2 aromatic rings. The Hall–Kier alpha value is -1.96. The summed E-state index contributed by atoms with van der Waals surface area (Å²) in [7, 11) is -3.87. The molecule has 1 amide bonds.